The molecule has 0 atom stereocenters. The molecule has 218 valence electrons. The molecule has 0 radical (unpaired) electrons. The molecule has 4 nitrogen and oxygen atoms in total. The zero-order valence-corrected chi connectivity index (χ0v) is 24.7. The quantitative estimate of drug-likeness (QED) is 0.0810. The Morgan fingerprint density at radius 3 is 1.90 bits per heavy atom. The first kappa shape index (κ1) is 31.6. The van der Waals surface area contributed by atoms with Crippen LogP contribution in [0, 0.1) is 11.8 Å². The molecule has 0 amide bonds. The van der Waals surface area contributed by atoms with Crippen molar-refractivity contribution in [2.24, 2.45) is 11.8 Å². The first-order valence-electron chi connectivity index (χ1n) is 15.7. The maximum absolute atomic E-state index is 12.8. The normalized spacial score (nSPS) is 16.8. The Bertz CT molecular complexity index is 1000. The Labute approximate surface area is 242 Å². The molecule has 4 heteroatoms. The topological polar surface area (TPSA) is 52.6 Å². The summed E-state index contributed by atoms with van der Waals surface area (Å²) in [6.45, 7) is 6.11. The van der Waals surface area contributed by atoms with Crippen LogP contribution in [0.15, 0.2) is 61.2 Å². The predicted molar refractivity (Wildman–Crippen MR) is 163 cm³/mol. The van der Waals surface area contributed by atoms with Gasteiger partial charge in [0.05, 0.1) is 12.5 Å². The highest BCUT2D eigenvalue weighted by molar-refractivity contribution is 5.81. The smallest absolute Gasteiger partial charge is 0.330 e. The number of hydrogen-bond acceptors (Lipinski definition) is 4. The van der Waals surface area contributed by atoms with Gasteiger partial charge in [0, 0.05) is 6.08 Å². The van der Waals surface area contributed by atoms with E-state index >= 15 is 0 Å². The molecule has 0 aromatic heterocycles. The first-order valence-corrected chi connectivity index (χ1v) is 15.7. The zero-order chi connectivity index (χ0) is 28.4. The van der Waals surface area contributed by atoms with Crippen LogP contribution in [-0.4, -0.2) is 18.5 Å². The van der Waals surface area contributed by atoms with E-state index < -0.39 is 0 Å². The van der Waals surface area contributed by atoms with Crippen molar-refractivity contribution in [2.75, 3.05) is 6.61 Å². The van der Waals surface area contributed by atoms with Gasteiger partial charge in [-0.15, -0.1) is 0 Å². The fourth-order valence-electron chi connectivity index (χ4n) is 5.63. The van der Waals surface area contributed by atoms with Crippen LogP contribution in [0.3, 0.4) is 0 Å². The monoisotopic (exact) mass is 546 g/mol. The molecule has 0 aliphatic heterocycles. The molecule has 0 unspecified atom stereocenters. The lowest BCUT2D eigenvalue weighted by Gasteiger charge is -2.27. The van der Waals surface area contributed by atoms with Gasteiger partial charge < -0.3 is 9.47 Å². The van der Waals surface area contributed by atoms with Crippen LogP contribution in [-0.2, 0) is 33.6 Å². The van der Waals surface area contributed by atoms with Crippen molar-refractivity contribution in [3.05, 3.63) is 77.9 Å². The summed E-state index contributed by atoms with van der Waals surface area (Å²) in [5, 5.41) is 0. The van der Waals surface area contributed by atoms with Crippen LogP contribution >= 0.6 is 0 Å². The number of aryl methyl sites for hydroxylation is 3. The van der Waals surface area contributed by atoms with Crippen molar-refractivity contribution in [2.45, 2.75) is 110 Å². The van der Waals surface area contributed by atoms with E-state index in [1.165, 1.54) is 61.3 Å². The Morgan fingerprint density at radius 1 is 0.750 bits per heavy atom. The number of rotatable bonds is 18. The van der Waals surface area contributed by atoms with Crippen molar-refractivity contribution < 1.29 is 19.1 Å². The van der Waals surface area contributed by atoms with E-state index in [-0.39, 0.29) is 17.9 Å². The molecule has 1 saturated carbocycles. The van der Waals surface area contributed by atoms with Gasteiger partial charge in [-0.2, -0.15) is 0 Å². The summed E-state index contributed by atoms with van der Waals surface area (Å²) in [6, 6.07) is 17.2. The molecule has 0 spiro atoms. The fourth-order valence-corrected chi connectivity index (χ4v) is 5.63. The molecule has 1 aliphatic rings. The highest BCUT2D eigenvalue weighted by Gasteiger charge is 2.27. The third-order valence-electron chi connectivity index (χ3n) is 8.28. The van der Waals surface area contributed by atoms with Crippen molar-refractivity contribution in [1.29, 1.82) is 0 Å². The van der Waals surface area contributed by atoms with Crippen molar-refractivity contribution >= 4 is 11.9 Å². The Hall–Kier alpha value is -2.88. The lowest BCUT2D eigenvalue weighted by atomic mass is 9.79. The van der Waals surface area contributed by atoms with Gasteiger partial charge in [0.15, 0.2) is 0 Å². The molecule has 1 fully saturated rings. The fraction of sp³-hybridized carbons (Fsp3) is 0.556. The van der Waals surface area contributed by atoms with Gasteiger partial charge in [-0.05, 0) is 105 Å². The van der Waals surface area contributed by atoms with Gasteiger partial charge in [0.25, 0.3) is 0 Å². The van der Waals surface area contributed by atoms with E-state index in [2.05, 4.69) is 49.9 Å². The van der Waals surface area contributed by atoms with Crippen LogP contribution in [0.5, 0.6) is 5.75 Å². The average Bonchev–Trinajstić information content (AvgIpc) is 2.99. The minimum atomic E-state index is -0.353. The lowest BCUT2D eigenvalue weighted by Crippen LogP contribution is -2.25. The van der Waals surface area contributed by atoms with Gasteiger partial charge in [-0.25, -0.2) is 4.79 Å². The number of carbonyl (C=O) groups is 2. The summed E-state index contributed by atoms with van der Waals surface area (Å²) in [5.41, 5.74) is 4.15. The predicted octanol–water partition coefficient (Wildman–Crippen LogP) is 8.99. The summed E-state index contributed by atoms with van der Waals surface area (Å²) < 4.78 is 10.7. The van der Waals surface area contributed by atoms with Crippen LogP contribution < -0.4 is 4.74 Å². The maximum atomic E-state index is 12.8. The molecular weight excluding hydrogens is 496 g/mol. The van der Waals surface area contributed by atoms with Crippen molar-refractivity contribution in [1.82, 2.24) is 0 Å². The van der Waals surface area contributed by atoms with Gasteiger partial charge in [-0.3, -0.25) is 4.79 Å². The molecule has 3 rings (SSSR count). The Morgan fingerprint density at radius 2 is 1.30 bits per heavy atom. The molecule has 40 heavy (non-hydrogen) atoms. The molecule has 0 bridgehead atoms. The second kappa shape index (κ2) is 18.5. The lowest BCUT2D eigenvalue weighted by molar-refractivity contribution is -0.140. The molecular formula is C36H50O4. The number of ether oxygens (including phenoxy) is 2. The van der Waals surface area contributed by atoms with E-state index in [0.29, 0.717) is 18.3 Å². The Balaban J connectivity index is 1.27. The number of benzene rings is 2. The van der Waals surface area contributed by atoms with Gasteiger partial charge >= 0.3 is 11.9 Å². The highest BCUT2D eigenvalue weighted by atomic mass is 16.5. The van der Waals surface area contributed by atoms with E-state index in [0.717, 1.165) is 64.2 Å². The molecule has 2 aromatic carbocycles. The molecule has 2 aromatic rings. The SMILES string of the molecule is C=CC(=O)OCCCCCCc1ccc(OC(=O)C2CCC(CCc3ccc(CCCCCC)cc3)CC2)cc1. The van der Waals surface area contributed by atoms with Crippen LogP contribution in [0.1, 0.15) is 107 Å². The third-order valence-corrected chi connectivity index (χ3v) is 8.28. The van der Waals surface area contributed by atoms with Gasteiger partial charge in [0.1, 0.15) is 5.75 Å². The summed E-state index contributed by atoms with van der Waals surface area (Å²) in [4.78, 5) is 23.8. The number of hydrogen-bond donors (Lipinski definition) is 0. The maximum Gasteiger partial charge on any atom is 0.330 e. The number of carbonyl (C=O) groups excluding carboxylic acids is 2. The van der Waals surface area contributed by atoms with Crippen LogP contribution in [0.25, 0.3) is 0 Å². The molecule has 1 aliphatic carbocycles. The number of unbranched alkanes of at least 4 members (excludes halogenated alkanes) is 6. The van der Waals surface area contributed by atoms with Gasteiger partial charge in [0.2, 0.25) is 0 Å². The van der Waals surface area contributed by atoms with E-state index in [1.54, 1.807) is 0 Å². The largest absolute Gasteiger partial charge is 0.463 e. The van der Waals surface area contributed by atoms with Crippen molar-refractivity contribution in [3.8, 4) is 5.75 Å². The van der Waals surface area contributed by atoms with Crippen LogP contribution in [0.2, 0.25) is 0 Å². The summed E-state index contributed by atoms with van der Waals surface area (Å²) >= 11 is 0. The minimum Gasteiger partial charge on any atom is -0.463 e. The summed E-state index contributed by atoms with van der Waals surface area (Å²) in [7, 11) is 0. The first-order chi connectivity index (χ1) is 19.6. The third kappa shape index (κ3) is 12.1. The molecule has 0 saturated heterocycles. The molecule has 0 N–H and O–H groups in total. The summed E-state index contributed by atoms with van der Waals surface area (Å²) in [5.74, 6) is 0.952. The van der Waals surface area contributed by atoms with Gasteiger partial charge in [-0.1, -0.05) is 82.0 Å². The Kier molecular flexibility index (Phi) is 14.6. The average molecular weight is 547 g/mol. The summed E-state index contributed by atoms with van der Waals surface area (Å²) in [6.07, 6.45) is 19.2. The highest BCUT2D eigenvalue weighted by Crippen LogP contribution is 2.33. The van der Waals surface area contributed by atoms with E-state index in [9.17, 15) is 9.59 Å². The van der Waals surface area contributed by atoms with E-state index in [4.69, 9.17) is 9.47 Å². The second-order valence-electron chi connectivity index (χ2n) is 11.5. The standard InChI is InChI=1S/C36H50O4/c1-3-5-6-9-12-29-14-16-31(17-15-29)18-19-32-20-24-33(25-21-32)36(38)40-34-26-22-30(23-27-34)13-10-7-8-11-28-39-35(37)4-2/h4,14-17,22-23,26-27,32-33H,2-3,5-13,18-21,24-25,28H2,1H3. The molecule has 0 heterocycles. The van der Waals surface area contributed by atoms with E-state index in [1.807, 2.05) is 12.1 Å². The van der Waals surface area contributed by atoms with Crippen LogP contribution in [0.4, 0.5) is 0 Å². The second-order valence-corrected chi connectivity index (χ2v) is 11.5. The van der Waals surface area contributed by atoms with Crippen molar-refractivity contribution in [3.63, 3.8) is 0 Å². The minimum absolute atomic E-state index is 0.0219. The number of esters is 2. The zero-order valence-electron chi connectivity index (χ0n) is 24.7.